The smallest absolute Gasteiger partial charge is 0.350 e. The number of nitriles is 1. The molecule has 0 amide bonds. The summed E-state index contributed by atoms with van der Waals surface area (Å²) in [6.45, 7) is 0. The summed E-state index contributed by atoms with van der Waals surface area (Å²) >= 11 is 5.69. The van der Waals surface area contributed by atoms with Crippen molar-refractivity contribution in [1.82, 2.24) is 4.98 Å². The van der Waals surface area contributed by atoms with Crippen LogP contribution in [0.3, 0.4) is 0 Å². The molecule has 1 aromatic heterocycles. The summed E-state index contributed by atoms with van der Waals surface area (Å²) in [5, 5.41) is 9.18. The molecule has 2 rings (SSSR count). The molecular weight excluding hydrogens is 265 g/mol. The number of halogens is 4. The van der Waals surface area contributed by atoms with E-state index in [1.807, 2.05) is 0 Å². The molecule has 1 heterocycles. The van der Waals surface area contributed by atoms with Gasteiger partial charge in [0.15, 0.2) is 0 Å². The molecule has 1 aromatic carbocycles. The van der Waals surface area contributed by atoms with Gasteiger partial charge in [-0.15, -0.1) is 0 Å². The van der Waals surface area contributed by atoms with Crippen LogP contribution in [0.1, 0.15) is 11.3 Å². The lowest BCUT2D eigenvalue weighted by atomic mass is 10.1. The molecule has 0 saturated heterocycles. The molecule has 18 heavy (non-hydrogen) atoms. The van der Waals surface area contributed by atoms with Crippen molar-refractivity contribution in [3.8, 4) is 17.3 Å². The molecule has 0 bridgehead atoms. The Kier molecular flexibility index (Phi) is 3.05. The van der Waals surface area contributed by atoms with Crippen molar-refractivity contribution < 1.29 is 13.2 Å². The van der Waals surface area contributed by atoms with Crippen molar-refractivity contribution in [2.45, 2.75) is 6.18 Å². The Bertz CT molecular complexity index is 606. The van der Waals surface area contributed by atoms with Gasteiger partial charge in [-0.2, -0.15) is 18.4 Å². The first kappa shape index (κ1) is 12.5. The summed E-state index contributed by atoms with van der Waals surface area (Å²) in [6, 6.07) is 8.99. The summed E-state index contributed by atoms with van der Waals surface area (Å²) in [7, 11) is 0. The lowest BCUT2D eigenvalue weighted by Crippen LogP contribution is -2.07. The summed E-state index contributed by atoms with van der Waals surface area (Å²) < 4.78 is 37.9. The third-order valence-electron chi connectivity index (χ3n) is 2.38. The molecular formula is C12H6ClF3N2. The Labute approximate surface area is 106 Å². The average Bonchev–Trinajstić information content (AvgIpc) is 2.73. The number of nitrogens with one attached hydrogen (secondary N) is 1. The van der Waals surface area contributed by atoms with Crippen LogP contribution < -0.4 is 0 Å². The number of alkyl halides is 3. The maximum absolute atomic E-state index is 12.6. The second kappa shape index (κ2) is 4.39. The minimum Gasteiger partial charge on any atom is -0.350 e. The van der Waals surface area contributed by atoms with Gasteiger partial charge in [0.25, 0.3) is 0 Å². The number of hydrogen-bond donors (Lipinski definition) is 1. The SMILES string of the molecule is N#Cc1cc(-c2ccc(Cl)cc2)[nH]c1C(F)(F)F. The molecule has 0 spiro atoms. The first-order valence-corrected chi connectivity index (χ1v) is 5.26. The molecule has 0 radical (unpaired) electrons. The first-order chi connectivity index (χ1) is 8.41. The van der Waals surface area contributed by atoms with Gasteiger partial charge in [0.2, 0.25) is 0 Å². The van der Waals surface area contributed by atoms with Gasteiger partial charge in [-0.1, -0.05) is 23.7 Å². The predicted octanol–water partition coefficient (Wildman–Crippen LogP) is 4.23. The third kappa shape index (κ3) is 2.34. The van der Waals surface area contributed by atoms with Crippen LogP contribution >= 0.6 is 11.6 Å². The Morgan fingerprint density at radius 1 is 1.17 bits per heavy atom. The van der Waals surface area contributed by atoms with Crippen molar-refractivity contribution >= 4 is 11.6 Å². The van der Waals surface area contributed by atoms with Gasteiger partial charge in [0, 0.05) is 10.7 Å². The van der Waals surface area contributed by atoms with Crippen LogP contribution in [0.2, 0.25) is 5.02 Å². The molecule has 2 nitrogen and oxygen atoms in total. The van der Waals surface area contributed by atoms with Crippen molar-refractivity contribution in [1.29, 1.82) is 5.26 Å². The lowest BCUT2D eigenvalue weighted by Gasteiger charge is -2.03. The largest absolute Gasteiger partial charge is 0.432 e. The van der Waals surface area contributed by atoms with Crippen LogP contribution in [0.15, 0.2) is 30.3 Å². The van der Waals surface area contributed by atoms with Crippen LogP contribution in [0.5, 0.6) is 0 Å². The summed E-state index contributed by atoms with van der Waals surface area (Å²) in [4.78, 5) is 2.22. The molecule has 0 aliphatic carbocycles. The van der Waals surface area contributed by atoms with E-state index in [4.69, 9.17) is 16.9 Å². The topological polar surface area (TPSA) is 39.6 Å². The third-order valence-corrected chi connectivity index (χ3v) is 2.63. The van der Waals surface area contributed by atoms with E-state index in [2.05, 4.69) is 4.98 Å². The van der Waals surface area contributed by atoms with Crippen LogP contribution in [-0.4, -0.2) is 4.98 Å². The van der Waals surface area contributed by atoms with Crippen molar-refractivity contribution in [2.24, 2.45) is 0 Å². The Hall–Kier alpha value is -1.93. The van der Waals surface area contributed by atoms with E-state index in [-0.39, 0.29) is 5.69 Å². The molecule has 0 fully saturated rings. The fraction of sp³-hybridized carbons (Fsp3) is 0.0833. The molecule has 6 heteroatoms. The Balaban J connectivity index is 2.52. The number of aromatic nitrogens is 1. The van der Waals surface area contributed by atoms with Crippen LogP contribution in [0.25, 0.3) is 11.3 Å². The minimum atomic E-state index is -4.57. The summed E-state index contributed by atoms with van der Waals surface area (Å²) in [6.07, 6.45) is -4.57. The second-order valence-corrected chi connectivity index (χ2v) is 4.02. The number of aromatic amines is 1. The Morgan fingerprint density at radius 2 is 1.78 bits per heavy atom. The normalized spacial score (nSPS) is 11.3. The van der Waals surface area contributed by atoms with Gasteiger partial charge in [0.05, 0.1) is 5.56 Å². The molecule has 0 unspecified atom stereocenters. The fourth-order valence-electron chi connectivity index (χ4n) is 1.55. The highest BCUT2D eigenvalue weighted by atomic mass is 35.5. The van der Waals surface area contributed by atoms with Gasteiger partial charge in [0.1, 0.15) is 11.8 Å². The van der Waals surface area contributed by atoms with Crippen LogP contribution in [0, 0.1) is 11.3 Å². The van der Waals surface area contributed by atoms with Crippen molar-refractivity contribution in [3.05, 3.63) is 46.6 Å². The number of nitrogens with zero attached hydrogens (tertiary/aromatic N) is 1. The zero-order valence-corrected chi connectivity index (χ0v) is 9.60. The van der Waals surface area contributed by atoms with E-state index in [1.54, 1.807) is 24.3 Å². The maximum Gasteiger partial charge on any atom is 0.432 e. The van der Waals surface area contributed by atoms with Gasteiger partial charge in [-0.3, -0.25) is 0 Å². The van der Waals surface area contributed by atoms with E-state index < -0.39 is 17.4 Å². The van der Waals surface area contributed by atoms with Gasteiger partial charge in [-0.05, 0) is 23.8 Å². The highest BCUT2D eigenvalue weighted by Gasteiger charge is 2.36. The molecule has 0 aliphatic heterocycles. The van der Waals surface area contributed by atoms with Crippen LogP contribution in [0.4, 0.5) is 13.2 Å². The molecule has 0 saturated carbocycles. The highest BCUT2D eigenvalue weighted by molar-refractivity contribution is 6.30. The summed E-state index contributed by atoms with van der Waals surface area (Å²) in [5.74, 6) is 0. The van der Waals surface area contributed by atoms with Gasteiger partial charge >= 0.3 is 6.18 Å². The molecule has 1 N–H and O–H groups in total. The van der Waals surface area contributed by atoms with Gasteiger partial charge < -0.3 is 4.98 Å². The zero-order chi connectivity index (χ0) is 13.3. The van der Waals surface area contributed by atoms with Gasteiger partial charge in [-0.25, -0.2) is 0 Å². The van der Waals surface area contributed by atoms with E-state index in [0.29, 0.717) is 10.6 Å². The van der Waals surface area contributed by atoms with E-state index >= 15 is 0 Å². The predicted molar refractivity (Wildman–Crippen MR) is 61.0 cm³/mol. The Morgan fingerprint density at radius 3 is 2.22 bits per heavy atom. The molecule has 0 aliphatic rings. The lowest BCUT2D eigenvalue weighted by molar-refractivity contribution is -0.140. The highest BCUT2D eigenvalue weighted by Crippen LogP contribution is 2.34. The van der Waals surface area contributed by atoms with E-state index in [1.165, 1.54) is 12.1 Å². The standard InChI is InChI=1S/C12H6ClF3N2/c13-9-3-1-7(2-4-9)10-5-8(6-17)11(18-10)12(14,15)16/h1-5,18H. The summed E-state index contributed by atoms with van der Waals surface area (Å²) in [5.41, 5.74) is -0.690. The number of hydrogen-bond acceptors (Lipinski definition) is 1. The quantitative estimate of drug-likeness (QED) is 0.828. The fourth-order valence-corrected chi connectivity index (χ4v) is 1.68. The number of benzene rings is 1. The zero-order valence-electron chi connectivity index (χ0n) is 8.85. The monoisotopic (exact) mass is 270 g/mol. The van der Waals surface area contributed by atoms with Crippen molar-refractivity contribution in [3.63, 3.8) is 0 Å². The molecule has 92 valence electrons. The van der Waals surface area contributed by atoms with E-state index in [0.717, 1.165) is 0 Å². The second-order valence-electron chi connectivity index (χ2n) is 3.59. The van der Waals surface area contributed by atoms with Crippen LogP contribution in [-0.2, 0) is 6.18 Å². The first-order valence-electron chi connectivity index (χ1n) is 4.88. The molecule has 2 aromatic rings. The average molecular weight is 271 g/mol. The maximum atomic E-state index is 12.6. The minimum absolute atomic E-state index is 0.232. The number of rotatable bonds is 1. The number of H-pyrrole nitrogens is 1. The van der Waals surface area contributed by atoms with Crippen molar-refractivity contribution in [2.75, 3.05) is 0 Å². The van der Waals surface area contributed by atoms with E-state index in [9.17, 15) is 13.2 Å². The molecule has 0 atom stereocenters.